The van der Waals surface area contributed by atoms with Gasteiger partial charge in [0.2, 0.25) is 10.0 Å². The number of aromatic nitrogens is 1. The van der Waals surface area contributed by atoms with Gasteiger partial charge in [0, 0.05) is 5.56 Å². The van der Waals surface area contributed by atoms with Crippen LogP contribution in [0.2, 0.25) is 0 Å². The van der Waals surface area contributed by atoms with E-state index in [9.17, 15) is 26.7 Å². The number of aliphatic hydroxyl groups is 1. The molecule has 10 heteroatoms. The van der Waals surface area contributed by atoms with E-state index in [2.05, 4.69) is 5.16 Å². The third kappa shape index (κ3) is 3.21. The molecule has 0 amide bonds. The summed E-state index contributed by atoms with van der Waals surface area (Å²) in [6, 6.07) is 6.63. The first kappa shape index (κ1) is 18.1. The van der Waals surface area contributed by atoms with Crippen LogP contribution in [-0.2, 0) is 16.6 Å². The van der Waals surface area contributed by atoms with E-state index in [-0.39, 0.29) is 28.1 Å². The van der Waals surface area contributed by atoms with Crippen molar-refractivity contribution in [3.05, 3.63) is 59.6 Å². The number of benzene rings is 2. The molecule has 0 saturated carbocycles. The lowest BCUT2D eigenvalue weighted by Crippen LogP contribution is -2.16. The lowest BCUT2D eigenvalue weighted by Gasteiger charge is -2.08. The highest BCUT2D eigenvalue weighted by molar-refractivity contribution is 7.89. The van der Waals surface area contributed by atoms with Gasteiger partial charge in [-0.3, -0.25) is 0 Å². The van der Waals surface area contributed by atoms with Gasteiger partial charge < -0.3 is 9.63 Å². The van der Waals surface area contributed by atoms with E-state index < -0.39 is 39.0 Å². The maximum absolute atomic E-state index is 14.2. The van der Waals surface area contributed by atoms with Crippen LogP contribution in [0.5, 0.6) is 0 Å². The van der Waals surface area contributed by atoms with Crippen molar-refractivity contribution in [1.82, 2.24) is 5.16 Å². The first-order valence-corrected chi connectivity index (χ1v) is 8.64. The number of aliphatic hydroxyl groups excluding tert-OH is 1. The third-order valence-electron chi connectivity index (χ3n) is 3.58. The molecule has 6 nitrogen and oxygen atoms in total. The van der Waals surface area contributed by atoms with Gasteiger partial charge in [0.15, 0.2) is 10.7 Å². The number of primary sulfonamides is 1. The first-order chi connectivity index (χ1) is 12.2. The summed E-state index contributed by atoms with van der Waals surface area (Å²) in [5.41, 5.74) is 0.101. The Morgan fingerprint density at radius 1 is 1.08 bits per heavy atom. The minimum absolute atomic E-state index is 0.00290. The highest BCUT2D eigenvalue weighted by atomic mass is 32.2. The van der Waals surface area contributed by atoms with Crippen molar-refractivity contribution in [3.8, 4) is 22.4 Å². The van der Waals surface area contributed by atoms with Crippen molar-refractivity contribution in [2.24, 2.45) is 5.14 Å². The topological polar surface area (TPSA) is 106 Å². The van der Waals surface area contributed by atoms with Crippen LogP contribution in [0, 0.1) is 17.5 Å². The van der Waals surface area contributed by atoms with Crippen LogP contribution in [0.25, 0.3) is 22.4 Å². The van der Waals surface area contributed by atoms with Gasteiger partial charge >= 0.3 is 0 Å². The zero-order valence-electron chi connectivity index (χ0n) is 12.9. The fourth-order valence-electron chi connectivity index (χ4n) is 2.54. The maximum atomic E-state index is 14.2. The van der Waals surface area contributed by atoms with Gasteiger partial charge in [0.25, 0.3) is 0 Å². The van der Waals surface area contributed by atoms with Crippen molar-refractivity contribution in [1.29, 1.82) is 0 Å². The molecule has 0 aliphatic heterocycles. The molecule has 1 heterocycles. The lowest BCUT2D eigenvalue weighted by molar-refractivity contribution is 0.230. The molecule has 0 atom stereocenters. The fourth-order valence-corrected chi connectivity index (χ4v) is 3.20. The molecule has 1 aromatic heterocycles. The second-order valence-corrected chi connectivity index (χ2v) is 6.81. The molecule has 0 saturated heterocycles. The Morgan fingerprint density at radius 2 is 1.73 bits per heavy atom. The Bertz CT molecular complexity index is 1070. The Morgan fingerprint density at radius 3 is 2.27 bits per heavy atom. The van der Waals surface area contributed by atoms with Crippen molar-refractivity contribution in [2.75, 3.05) is 0 Å². The zero-order valence-corrected chi connectivity index (χ0v) is 13.7. The quantitative estimate of drug-likeness (QED) is 0.719. The van der Waals surface area contributed by atoms with Crippen LogP contribution < -0.4 is 5.14 Å². The van der Waals surface area contributed by atoms with E-state index >= 15 is 0 Å². The predicted octanol–water partition coefficient (Wildman–Crippen LogP) is 2.57. The SMILES string of the molecule is NS(=O)(=O)c1c(F)cc(-c2c(-c3cccc(F)c3)noc2CO)cc1F. The lowest BCUT2D eigenvalue weighted by atomic mass is 9.99. The molecular formula is C16H11F3N2O4S. The fraction of sp³-hybridized carbons (Fsp3) is 0.0625. The standard InChI is InChI=1S/C16H11F3N2O4S/c17-10-3-1-2-8(4-10)15-14(13(7-22)25-21-15)9-5-11(18)16(12(19)6-9)26(20,23)24/h1-6,22H,7H2,(H2,20,23,24). The predicted molar refractivity (Wildman–Crippen MR) is 84.5 cm³/mol. The molecule has 0 bridgehead atoms. The van der Waals surface area contributed by atoms with Crippen molar-refractivity contribution in [3.63, 3.8) is 0 Å². The van der Waals surface area contributed by atoms with E-state index in [1.807, 2.05) is 0 Å². The molecule has 0 unspecified atom stereocenters. The molecule has 0 spiro atoms. The number of rotatable bonds is 4. The minimum Gasteiger partial charge on any atom is -0.388 e. The third-order valence-corrected chi connectivity index (χ3v) is 4.53. The largest absolute Gasteiger partial charge is 0.388 e. The zero-order chi connectivity index (χ0) is 19.1. The molecule has 0 radical (unpaired) electrons. The van der Waals surface area contributed by atoms with Crippen LogP contribution in [-0.4, -0.2) is 18.7 Å². The Hall–Kier alpha value is -2.69. The van der Waals surface area contributed by atoms with Crippen LogP contribution in [0.1, 0.15) is 5.76 Å². The van der Waals surface area contributed by atoms with Crippen LogP contribution in [0.4, 0.5) is 13.2 Å². The van der Waals surface area contributed by atoms with Crippen molar-refractivity contribution >= 4 is 10.0 Å². The molecule has 0 fully saturated rings. The van der Waals surface area contributed by atoms with Gasteiger partial charge in [-0.05, 0) is 29.8 Å². The molecule has 26 heavy (non-hydrogen) atoms. The van der Waals surface area contributed by atoms with Crippen molar-refractivity contribution in [2.45, 2.75) is 11.5 Å². The molecule has 136 valence electrons. The molecular weight excluding hydrogens is 373 g/mol. The summed E-state index contributed by atoms with van der Waals surface area (Å²) in [4.78, 5) is -1.28. The summed E-state index contributed by atoms with van der Waals surface area (Å²) in [6.07, 6.45) is 0. The monoisotopic (exact) mass is 384 g/mol. The maximum Gasteiger partial charge on any atom is 0.243 e. The van der Waals surface area contributed by atoms with Gasteiger partial charge in [0.1, 0.15) is 29.8 Å². The highest BCUT2D eigenvalue weighted by Crippen LogP contribution is 2.36. The molecule has 0 aliphatic carbocycles. The average molecular weight is 384 g/mol. The number of halogens is 3. The number of nitrogens with two attached hydrogens (primary N) is 1. The summed E-state index contributed by atoms with van der Waals surface area (Å²) in [6.45, 7) is -0.655. The summed E-state index contributed by atoms with van der Waals surface area (Å²) in [5, 5.41) is 17.9. The van der Waals surface area contributed by atoms with E-state index in [1.54, 1.807) is 0 Å². The molecule has 3 N–H and O–H groups in total. The highest BCUT2D eigenvalue weighted by Gasteiger charge is 2.25. The Kier molecular flexibility index (Phi) is 4.57. The van der Waals surface area contributed by atoms with Crippen LogP contribution >= 0.6 is 0 Å². The van der Waals surface area contributed by atoms with Crippen LogP contribution in [0.15, 0.2) is 45.8 Å². The van der Waals surface area contributed by atoms with E-state index in [1.165, 1.54) is 18.2 Å². The number of sulfonamides is 1. The van der Waals surface area contributed by atoms with Gasteiger partial charge in [-0.15, -0.1) is 0 Å². The molecule has 3 rings (SSSR count). The normalized spacial score (nSPS) is 11.7. The Labute approximate surface area is 145 Å². The second kappa shape index (κ2) is 6.56. The smallest absolute Gasteiger partial charge is 0.243 e. The number of hydrogen-bond acceptors (Lipinski definition) is 5. The summed E-state index contributed by atoms with van der Waals surface area (Å²) < 4.78 is 69.4. The van der Waals surface area contributed by atoms with Gasteiger partial charge in [-0.2, -0.15) is 0 Å². The van der Waals surface area contributed by atoms with Gasteiger partial charge in [0.05, 0.1) is 5.56 Å². The summed E-state index contributed by atoms with van der Waals surface area (Å²) in [7, 11) is -4.62. The summed E-state index contributed by atoms with van der Waals surface area (Å²) >= 11 is 0. The Balaban J connectivity index is 2.26. The van der Waals surface area contributed by atoms with Gasteiger partial charge in [-0.25, -0.2) is 26.7 Å². The van der Waals surface area contributed by atoms with E-state index in [0.29, 0.717) is 0 Å². The van der Waals surface area contributed by atoms with E-state index in [0.717, 1.165) is 18.2 Å². The number of nitrogens with zero attached hydrogens (tertiary/aromatic N) is 1. The minimum atomic E-state index is -4.62. The molecule has 2 aromatic carbocycles. The second-order valence-electron chi connectivity index (χ2n) is 5.31. The molecule has 0 aliphatic rings. The first-order valence-electron chi connectivity index (χ1n) is 7.10. The molecule has 3 aromatic rings. The van der Waals surface area contributed by atoms with Crippen molar-refractivity contribution < 1.29 is 31.2 Å². The van der Waals surface area contributed by atoms with E-state index in [4.69, 9.17) is 9.66 Å². The van der Waals surface area contributed by atoms with Crippen LogP contribution in [0.3, 0.4) is 0 Å². The number of hydrogen-bond donors (Lipinski definition) is 2. The average Bonchev–Trinajstić information content (AvgIpc) is 2.96. The van der Waals surface area contributed by atoms with Gasteiger partial charge in [-0.1, -0.05) is 17.3 Å². The summed E-state index contributed by atoms with van der Waals surface area (Å²) in [5.74, 6) is -3.55.